The number of carbonyl (C=O) groups is 2. The van der Waals surface area contributed by atoms with E-state index in [9.17, 15) is 9.59 Å². The fourth-order valence-corrected chi connectivity index (χ4v) is 2.56. The van der Waals surface area contributed by atoms with E-state index in [1.54, 1.807) is 18.3 Å². The minimum absolute atomic E-state index is 0.339. The highest BCUT2D eigenvalue weighted by Gasteiger charge is 2.19. The second-order valence-corrected chi connectivity index (χ2v) is 5.56. The van der Waals surface area contributed by atoms with Gasteiger partial charge in [-0.1, -0.05) is 42.5 Å². The fraction of sp³-hybridized carbons (Fsp3) is 0.105. The average Bonchev–Trinajstić information content (AvgIpc) is 2.61. The van der Waals surface area contributed by atoms with Gasteiger partial charge in [-0.3, -0.25) is 14.6 Å². The molecule has 0 fully saturated rings. The van der Waals surface area contributed by atoms with E-state index in [1.165, 1.54) is 6.20 Å². The molecule has 3 aromatic rings. The van der Waals surface area contributed by atoms with Gasteiger partial charge in [0, 0.05) is 18.8 Å². The molecule has 24 heavy (non-hydrogen) atoms. The van der Waals surface area contributed by atoms with E-state index in [0.717, 1.165) is 16.3 Å². The molecule has 0 aliphatic rings. The molecular weight excluding hydrogens is 302 g/mol. The zero-order valence-electron chi connectivity index (χ0n) is 13.0. The van der Waals surface area contributed by atoms with Gasteiger partial charge in [-0.05, 0) is 28.5 Å². The number of nitrogens with one attached hydrogen (secondary N) is 1. The minimum Gasteiger partial charge on any atom is -0.368 e. The van der Waals surface area contributed by atoms with E-state index in [1.807, 2.05) is 42.5 Å². The minimum atomic E-state index is -0.779. The number of rotatable bonds is 5. The van der Waals surface area contributed by atoms with Crippen LogP contribution in [-0.4, -0.2) is 22.8 Å². The van der Waals surface area contributed by atoms with Gasteiger partial charge in [0.15, 0.2) is 0 Å². The van der Waals surface area contributed by atoms with Crippen molar-refractivity contribution in [1.82, 2.24) is 10.3 Å². The Morgan fingerprint density at radius 2 is 1.83 bits per heavy atom. The van der Waals surface area contributed by atoms with Gasteiger partial charge in [0.05, 0.1) is 5.56 Å². The van der Waals surface area contributed by atoms with Crippen LogP contribution in [-0.2, 0) is 11.2 Å². The molecule has 0 saturated heterocycles. The van der Waals surface area contributed by atoms with Crippen molar-refractivity contribution in [3.05, 3.63) is 78.1 Å². The van der Waals surface area contributed by atoms with Crippen LogP contribution < -0.4 is 11.1 Å². The van der Waals surface area contributed by atoms with Crippen molar-refractivity contribution in [1.29, 1.82) is 0 Å². The number of benzene rings is 2. The summed E-state index contributed by atoms with van der Waals surface area (Å²) >= 11 is 0. The molecule has 120 valence electrons. The van der Waals surface area contributed by atoms with Crippen LogP contribution in [0.2, 0.25) is 0 Å². The predicted molar refractivity (Wildman–Crippen MR) is 92.3 cm³/mol. The van der Waals surface area contributed by atoms with Crippen molar-refractivity contribution < 1.29 is 9.59 Å². The maximum Gasteiger partial charge on any atom is 0.253 e. The predicted octanol–water partition coefficient (Wildman–Crippen LogP) is 2.06. The molecule has 0 aliphatic heterocycles. The Labute approximate surface area is 139 Å². The molecular formula is C19H17N3O2. The van der Waals surface area contributed by atoms with E-state index in [4.69, 9.17) is 5.73 Å². The van der Waals surface area contributed by atoms with Crippen molar-refractivity contribution >= 4 is 22.6 Å². The largest absolute Gasteiger partial charge is 0.368 e. The number of primary amides is 1. The number of hydrogen-bond acceptors (Lipinski definition) is 3. The van der Waals surface area contributed by atoms with Gasteiger partial charge >= 0.3 is 0 Å². The Morgan fingerprint density at radius 3 is 2.54 bits per heavy atom. The first-order valence-corrected chi connectivity index (χ1v) is 7.61. The normalized spacial score (nSPS) is 11.8. The van der Waals surface area contributed by atoms with Crippen LogP contribution in [0.3, 0.4) is 0 Å². The topological polar surface area (TPSA) is 85.1 Å². The van der Waals surface area contributed by atoms with Crippen LogP contribution in [0.4, 0.5) is 0 Å². The lowest BCUT2D eigenvalue weighted by Gasteiger charge is -2.16. The maximum absolute atomic E-state index is 12.2. The first-order chi connectivity index (χ1) is 11.6. The molecule has 0 radical (unpaired) electrons. The van der Waals surface area contributed by atoms with E-state index in [-0.39, 0.29) is 5.91 Å². The lowest BCUT2D eigenvalue weighted by atomic mass is 10.0. The Balaban J connectivity index is 1.78. The number of aromatic nitrogens is 1. The van der Waals surface area contributed by atoms with Gasteiger partial charge in [-0.15, -0.1) is 0 Å². The summed E-state index contributed by atoms with van der Waals surface area (Å²) in [5.41, 5.74) is 6.78. The van der Waals surface area contributed by atoms with Gasteiger partial charge in [0.2, 0.25) is 5.91 Å². The Hall–Kier alpha value is -3.21. The third kappa shape index (κ3) is 3.57. The van der Waals surface area contributed by atoms with Crippen LogP contribution in [0.1, 0.15) is 15.9 Å². The van der Waals surface area contributed by atoms with Crippen LogP contribution in [0.25, 0.3) is 10.8 Å². The Bertz CT molecular complexity index is 878. The molecule has 2 aromatic carbocycles. The summed E-state index contributed by atoms with van der Waals surface area (Å²) in [4.78, 5) is 27.8. The number of nitrogens with zero attached hydrogens (tertiary/aromatic N) is 1. The standard InChI is InChI=1S/C19H17N3O2/c20-18(23)17(22-19(24)16-6-3-9-21-12-16)11-13-7-8-14-4-1-2-5-15(14)10-13/h1-10,12,17H,11H2,(H2,20,23)(H,22,24)/t17-/m1/s1. The number of nitrogens with two attached hydrogens (primary N) is 1. The summed E-state index contributed by atoms with van der Waals surface area (Å²) in [6.07, 6.45) is 3.37. The molecule has 3 N–H and O–H groups in total. The van der Waals surface area contributed by atoms with Crippen LogP contribution in [0.15, 0.2) is 67.0 Å². The molecule has 0 aliphatic carbocycles. The van der Waals surface area contributed by atoms with Crippen molar-refractivity contribution in [2.45, 2.75) is 12.5 Å². The summed E-state index contributed by atoms with van der Waals surface area (Å²) in [5.74, 6) is -0.937. The molecule has 0 bridgehead atoms. The molecule has 3 rings (SSSR count). The maximum atomic E-state index is 12.2. The second kappa shape index (κ2) is 6.91. The van der Waals surface area contributed by atoms with Gasteiger partial charge in [0.1, 0.15) is 6.04 Å². The molecule has 5 nitrogen and oxygen atoms in total. The van der Waals surface area contributed by atoms with Crippen molar-refractivity contribution in [3.8, 4) is 0 Å². The number of carbonyl (C=O) groups excluding carboxylic acids is 2. The number of amides is 2. The van der Waals surface area contributed by atoms with Gasteiger partial charge < -0.3 is 11.1 Å². The van der Waals surface area contributed by atoms with Crippen molar-refractivity contribution in [3.63, 3.8) is 0 Å². The fourth-order valence-electron chi connectivity index (χ4n) is 2.56. The SMILES string of the molecule is NC(=O)[C@@H](Cc1ccc2ccccc2c1)NC(=O)c1cccnc1. The van der Waals surface area contributed by atoms with Crippen LogP contribution >= 0.6 is 0 Å². The Morgan fingerprint density at radius 1 is 1.04 bits per heavy atom. The van der Waals surface area contributed by atoms with Gasteiger partial charge in [-0.2, -0.15) is 0 Å². The van der Waals surface area contributed by atoms with E-state index >= 15 is 0 Å². The first-order valence-electron chi connectivity index (χ1n) is 7.61. The Kier molecular flexibility index (Phi) is 4.52. The third-order valence-corrected chi connectivity index (χ3v) is 3.83. The van der Waals surface area contributed by atoms with Crippen LogP contribution in [0, 0.1) is 0 Å². The summed E-state index contributed by atoms with van der Waals surface area (Å²) in [7, 11) is 0. The number of fused-ring (bicyclic) bond motifs is 1. The highest BCUT2D eigenvalue weighted by atomic mass is 16.2. The van der Waals surface area contributed by atoms with Crippen molar-refractivity contribution in [2.24, 2.45) is 5.73 Å². The molecule has 0 unspecified atom stereocenters. The molecule has 1 heterocycles. The average molecular weight is 319 g/mol. The molecule has 0 spiro atoms. The smallest absolute Gasteiger partial charge is 0.253 e. The summed E-state index contributed by atoms with van der Waals surface area (Å²) < 4.78 is 0. The zero-order chi connectivity index (χ0) is 16.9. The van der Waals surface area contributed by atoms with Crippen LogP contribution in [0.5, 0.6) is 0 Å². The van der Waals surface area contributed by atoms with E-state index in [0.29, 0.717) is 12.0 Å². The highest BCUT2D eigenvalue weighted by molar-refractivity contribution is 5.97. The molecule has 5 heteroatoms. The van der Waals surface area contributed by atoms with Crippen molar-refractivity contribution in [2.75, 3.05) is 0 Å². The molecule has 1 atom stereocenters. The first kappa shape index (κ1) is 15.7. The monoisotopic (exact) mass is 319 g/mol. The lowest BCUT2D eigenvalue weighted by Crippen LogP contribution is -2.45. The van der Waals surface area contributed by atoms with E-state index < -0.39 is 11.9 Å². The van der Waals surface area contributed by atoms with E-state index in [2.05, 4.69) is 10.3 Å². The zero-order valence-corrected chi connectivity index (χ0v) is 13.0. The highest BCUT2D eigenvalue weighted by Crippen LogP contribution is 2.16. The van der Waals surface area contributed by atoms with Gasteiger partial charge in [-0.25, -0.2) is 0 Å². The lowest BCUT2D eigenvalue weighted by molar-refractivity contribution is -0.119. The molecule has 0 saturated carbocycles. The number of hydrogen-bond donors (Lipinski definition) is 2. The quantitative estimate of drug-likeness (QED) is 0.755. The summed E-state index contributed by atoms with van der Waals surface area (Å²) in [6, 6.07) is 16.4. The number of pyridine rings is 1. The summed E-state index contributed by atoms with van der Waals surface area (Å²) in [5, 5.41) is 4.88. The molecule has 2 amide bonds. The third-order valence-electron chi connectivity index (χ3n) is 3.83. The second-order valence-electron chi connectivity index (χ2n) is 5.56. The van der Waals surface area contributed by atoms with Gasteiger partial charge in [0.25, 0.3) is 5.91 Å². The summed E-state index contributed by atoms with van der Waals surface area (Å²) in [6.45, 7) is 0. The molecule has 1 aromatic heterocycles.